The van der Waals surface area contributed by atoms with Gasteiger partial charge >= 0.3 is 0 Å². The number of aromatic nitrogens is 1. The SMILES string of the molecule is COc1nc2ccccc2cc1[C@H](O)CCN. The summed E-state index contributed by atoms with van der Waals surface area (Å²) in [5.41, 5.74) is 7.00. The number of benzene rings is 1. The highest BCUT2D eigenvalue weighted by Crippen LogP contribution is 2.28. The van der Waals surface area contributed by atoms with Crippen LogP contribution in [0.15, 0.2) is 30.3 Å². The van der Waals surface area contributed by atoms with Crippen LogP contribution in [0.3, 0.4) is 0 Å². The van der Waals surface area contributed by atoms with Crippen molar-refractivity contribution in [3.63, 3.8) is 0 Å². The Morgan fingerprint density at radius 1 is 1.41 bits per heavy atom. The van der Waals surface area contributed by atoms with Crippen LogP contribution >= 0.6 is 0 Å². The molecule has 2 rings (SSSR count). The van der Waals surface area contributed by atoms with Crippen molar-refractivity contribution in [1.29, 1.82) is 0 Å². The summed E-state index contributed by atoms with van der Waals surface area (Å²) in [5.74, 6) is 0.463. The van der Waals surface area contributed by atoms with Gasteiger partial charge in [-0.1, -0.05) is 18.2 Å². The third-order valence-electron chi connectivity index (χ3n) is 2.71. The number of ether oxygens (including phenoxy) is 1. The Kier molecular flexibility index (Phi) is 3.56. The molecule has 0 aliphatic heterocycles. The van der Waals surface area contributed by atoms with Crippen LogP contribution in [-0.4, -0.2) is 23.7 Å². The fraction of sp³-hybridized carbons (Fsp3) is 0.308. The van der Waals surface area contributed by atoms with Crippen LogP contribution in [0.25, 0.3) is 10.9 Å². The molecule has 4 nitrogen and oxygen atoms in total. The molecule has 1 heterocycles. The third-order valence-corrected chi connectivity index (χ3v) is 2.71. The molecule has 2 aromatic rings. The largest absolute Gasteiger partial charge is 0.481 e. The normalized spacial score (nSPS) is 12.6. The minimum atomic E-state index is -0.632. The lowest BCUT2D eigenvalue weighted by Crippen LogP contribution is -2.08. The van der Waals surface area contributed by atoms with E-state index in [1.807, 2.05) is 30.3 Å². The van der Waals surface area contributed by atoms with E-state index in [1.165, 1.54) is 0 Å². The molecule has 0 saturated carbocycles. The quantitative estimate of drug-likeness (QED) is 0.840. The molecule has 17 heavy (non-hydrogen) atoms. The third kappa shape index (κ3) is 2.38. The Labute approximate surface area is 100 Å². The summed E-state index contributed by atoms with van der Waals surface area (Å²) in [6.07, 6.45) is -0.136. The van der Waals surface area contributed by atoms with E-state index >= 15 is 0 Å². The molecule has 1 atom stereocenters. The molecule has 90 valence electrons. The Hall–Kier alpha value is -1.65. The van der Waals surface area contributed by atoms with Gasteiger partial charge in [0, 0.05) is 10.9 Å². The van der Waals surface area contributed by atoms with E-state index in [-0.39, 0.29) is 0 Å². The van der Waals surface area contributed by atoms with Gasteiger partial charge in [-0.2, -0.15) is 0 Å². The summed E-state index contributed by atoms with van der Waals surface area (Å²) in [7, 11) is 1.55. The maximum absolute atomic E-state index is 9.99. The minimum Gasteiger partial charge on any atom is -0.481 e. The number of aliphatic hydroxyl groups is 1. The standard InChI is InChI=1S/C13H16N2O2/c1-17-13-10(12(16)6-7-14)8-9-4-2-3-5-11(9)15-13/h2-5,8,12,16H,6-7,14H2,1H3/t12-/m1/s1. The van der Waals surface area contributed by atoms with Gasteiger partial charge in [0.2, 0.25) is 5.88 Å². The number of pyridine rings is 1. The van der Waals surface area contributed by atoms with Crippen LogP contribution in [0.4, 0.5) is 0 Å². The van der Waals surface area contributed by atoms with Crippen molar-refractivity contribution in [3.8, 4) is 5.88 Å². The lowest BCUT2D eigenvalue weighted by atomic mass is 10.1. The highest BCUT2D eigenvalue weighted by molar-refractivity contribution is 5.80. The van der Waals surface area contributed by atoms with Gasteiger partial charge in [-0.3, -0.25) is 0 Å². The van der Waals surface area contributed by atoms with Crippen LogP contribution in [0.5, 0.6) is 5.88 Å². The van der Waals surface area contributed by atoms with Crippen LogP contribution in [0, 0.1) is 0 Å². The molecule has 1 aromatic carbocycles. The predicted octanol–water partition coefficient (Wildman–Crippen LogP) is 1.63. The molecular formula is C13H16N2O2. The van der Waals surface area contributed by atoms with E-state index in [9.17, 15) is 5.11 Å². The molecule has 0 bridgehead atoms. The fourth-order valence-electron chi connectivity index (χ4n) is 1.83. The topological polar surface area (TPSA) is 68.4 Å². The van der Waals surface area contributed by atoms with E-state index in [4.69, 9.17) is 10.5 Å². The smallest absolute Gasteiger partial charge is 0.219 e. The highest BCUT2D eigenvalue weighted by atomic mass is 16.5. The first-order valence-corrected chi connectivity index (χ1v) is 5.58. The lowest BCUT2D eigenvalue weighted by Gasteiger charge is -2.14. The number of methoxy groups -OCH3 is 1. The van der Waals surface area contributed by atoms with E-state index < -0.39 is 6.10 Å². The summed E-state index contributed by atoms with van der Waals surface area (Å²) in [6, 6.07) is 9.64. The van der Waals surface area contributed by atoms with Crippen molar-refractivity contribution in [2.75, 3.05) is 13.7 Å². The maximum Gasteiger partial charge on any atom is 0.219 e. The number of rotatable bonds is 4. The van der Waals surface area contributed by atoms with E-state index in [1.54, 1.807) is 7.11 Å². The molecule has 0 aliphatic rings. The Morgan fingerprint density at radius 3 is 2.88 bits per heavy atom. The van der Waals surface area contributed by atoms with Crippen molar-refractivity contribution in [2.24, 2.45) is 5.73 Å². The molecular weight excluding hydrogens is 216 g/mol. The second kappa shape index (κ2) is 5.12. The molecule has 0 fully saturated rings. The number of para-hydroxylation sites is 1. The molecule has 3 N–H and O–H groups in total. The number of aliphatic hydroxyl groups excluding tert-OH is 1. The maximum atomic E-state index is 9.99. The van der Waals surface area contributed by atoms with Crippen LogP contribution in [0.1, 0.15) is 18.1 Å². The Bertz CT molecular complexity index is 514. The first-order valence-electron chi connectivity index (χ1n) is 5.58. The molecule has 1 aromatic heterocycles. The van der Waals surface area contributed by atoms with E-state index in [0.29, 0.717) is 24.4 Å². The first-order chi connectivity index (χ1) is 8.26. The monoisotopic (exact) mass is 232 g/mol. The van der Waals surface area contributed by atoms with Crippen molar-refractivity contribution >= 4 is 10.9 Å². The van der Waals surface area contributed by atoms with Crippen molar-refractivity contribution in [3.05, 3.63) is 35.9 Å². The summed E-state index contributed by atoms with van der Waals surface area (Å²) in [6.45, 7) is 0.428. The second-order valence-electron chi connectivity index (χ2n) is 3.87. The zero-order valence-electron chi connectivity index (χ0n) is 9.76. The Balaban J connectivity index is 2.52. The molecule has 0 spiro atoms. The number of hydrogen-bond acceptors (Lipinski definition) is 4. The van der Waals surface area contributed by atoms with Gasteiger partial charge in [0.15, 0.2) is 0 Å². The molecule has 4 heteroatoms. The summed E-state index contributed by atoms with van der Waals surface area (Å²) >= 11 is 0. The fourth-order valence-corrected chi connectivity index (χ4v) is 1.83. The number of hydrogen-bond donors (Lipinski definition) is 2. The highest BCUT2D eigenvalue weighted by Gasteiger charge is 2.14. The average molecular weight is 232 g/mol. The van der Waals surface area contributed by atoms with Crippen LogP contribution in [-0.2, 0) is 0 Å². The molecule has 0 amide bonds. The summed E-state index contributed by atoms with van der Waals surface area (Å²) in [5, 5.41) is 11.0. The van der Waals surface area contributed by atoms with Gasteiger partial charge < -0.3 is 15.6 Å². The molecule has 0 saturated heterocycles. The number of nitrogens with zero attached hydrogens (tertiary/aromatic N) is 1. The summed E-state index contributed by atoms with van der Waals surface area (Å²) < 4.78 is 5.21. The molecule has 0 unspecified atom stereocenters. The second-order valence-corrected chi connectivity index (χ2v) is 3.87. The van der Waals surface area contributed by atoms with Crippen LogP contribution < -0.4 is 10.5 Å². The van der Waals surface area contributed by atoms with E-state index in [0.717, 1.165) is 10.9 Å². The van der Waals surface area contributed by atoms with Gasteiger partial charge in [0.1, 0.15) is 0 Å². The molecule has 0 radical (unpaired) electrons. The van der Waals surface area contributed by atoms with E-state index in [2.05, 4.69) is 4.98 Å². The van der Waals surface area contributed by atoms with Crippen molar-refractivity contribution in [1.82, 2.24) is 4.98 Å². The first kappa shape index (κ1) is 11.8. The number of nitrogens with two attached hydrogens (primary N) is 1. The van der Waals surface area contributed by atoms with Crippen LogP contribution in [0.2, 0.25) is 0 Å². The zero-order chi connectivity index (χ0) is 12.3. The zero-order valence-corrected chi connectivity index (χ0v) is 9.76. The van der Waals surface area contributed by atoms with Gasteiger partial charge in [-0.15, -0.1) is 0 Å². The lowest BCUT2D eigenvalue weighted by molar-refractivity contribution is 0.165. The Morgan fingerprint density at radius 2 is 2.18 bits per heavy atom. The minimum absolute atomic E-state index is 0.428. The van der Waals surface area contributed by atoms with Gasteiger partial charge in [-0.05, 0) is 25.1 Å². The average Bonchev–Trinajstić information content (AvgIpc) is 2.37. The van der Waals surface area contributed by atoms with Gasteiger partial charge in [0.05, 0.1) is 18.7 Å². The number of fused-ring (bicyclic) bond motifs is 1. The van der Waals surface area contributed by atoms with Crippen molar-refractivity contribution in [2.45, 2.75) is 12.5 Å². The van der Waals surface area contributed by atoms with Gasteiger partial charge in [0.25, 0.3) is 0 Å². The summed E-state index contributed by atoms with van der Waals surface area (Å²) in [4.78, 5) is 4.37. The molecule has 0 aliphatic carbocycles. The predicted molar refractivity (Wildman–Crippen MR) is 66.9 cm³/mol. The van der Waals surface area contributed by atoms with Gasteiger partial charge in [-0.25, -0.2) is 4.98 Å². The van der Waals surface area contributed by atoms with Crippen molar-refractivity contribution < 1.29 is 9.84 Å².